The van der Waals surface area contributed by atoms with Gasteiger partial charge in [0, 0.05) is 0 Å². The van der Waals surface area contributed by atoms with Crippen molar-refractivity contribution >= 4 is 0 Å². The number of aryl methyl sites for hydroxylation is 1. The summed E-state index contributed by atoms with van der Waals surface area (Å²) < 4.78 is 10.6. The maximum atomic E-state index is 10.4. The number of hydrogen-bond acceptors (Lipinski definition) is 3. The third-order valence-electron chi connectivity index (χ3n) is 3.39. The van der Waals surface area contributed by atoms with Crippen LogP contribution < -0.4 is 9.47 Å². The van der Waals surface area contributed by atoms with Gasteiger partial charge in [0.1, 0.15) is 6.10 Å². The fraction of sp³-hybridized carbons (Fsp3) is 0.250. The third kappa shape index (κ3) is 2.29. The average Bonchev–Trinajstić information content (AvgIpc) is 2.94. The van der Waals surface area contributed by atoms with Crippen molar-refractivity contribution in [1.29, 1.82) is 0 Å². The maximum absolute atomic E-state index is 10.4. The highest BCUT2D eigenvalue weighted by atomic mass is 16.7. The fourth-order valence-corrected chi connectivity index (χ4v) is 2.26. The van der Waals surface area contributed by atoms with E-state index in [4.69, 9.17) is 9.47 Å². The summed E-state index contributed by atoms with van der Waals surface area (Å²) in [6.07, 6.45) is 0.322. The van der Waals surface area contributed by atoms with E-state index < -0.39 is 6.10 Å². The second kappa shape index (κ2) is 4.94. The minimum Gasteiger partial charge on any atom is -0.454 e. The van der Waals surface area contributed by atoms with Crippen molar-refractivity contribution in [3.8, 4) is 11.5 Å². The van der Waals surface area contributed by atoms with Gasteiger partial charge >= 0.3 is 0 Å². The van der Waals surface area contributed by atoms with Crippen LogP contribution in [0.25, 0.3) is 0 Å². The number of rotatable bonds is 3. The first-order valence-electron chi connectivity index (χ1n) is 6.44. The predicted molar refractivity (Wildman–Crippen MR) is 72.4 cm³/mol. The Morgan fingerprint density at radius 3 is 2.68 bits per heavy atom. The molecular weight excluding hydrogens is 240 g/mol. The van der Waals surface area contributed by atoms with Crippen LogP contribution >= 0.6 is 0 Å². The Balaban J connectivity index is 1.92. The lowest BCUT2D eigenvalue weighted by molar-refractivity contribution is 0.173. The first kappa shape index (κ1) is 12.1. The second-order valence-corrected chi connectivity index (χ2v) is 4.61. The molecule has 3 nitrogen and oxygen atoms in total. The van der Waals surface area contributed by atoms with Crippen LogP contribution in [0.4, 0.5) is 0 Å². The summed E-state index contributed by atoms with van der Waals surface area (Å²) >= 11 is 0. The molecule has 2 aromatic rings. The van der Waals surface area contributed by atoms with Gasteiger partial charge in [0.2, 0.25) is 6.79 Å². The molecule has 1 aliphatic rings. The molecule has 0 fully saturated rings. The van der Waals surface area contributed by atoms with Gasteiger partial charge in [0.25, 0.3) is 0 Å². The number of benzene rings is 2. The summed E-state index contributed by atoms with van der Waals surface area (Å²) in [6.45, 7) is 2.35. The largest absolute Gasteiger partial charge is 0.454 e. The molecule has 1 N–H and O–H groups in total. The van der Waals surface area contributed by atoms with Crippen molar-refractivity contribution in [2.24, 2.45) is 0 Å². The second-order valence-electron chi connectivity index (χ2n) is 4.61. The first-order valence-corrected chi connectivity index (χ1v) is 6.44. The summed E-state index contributed by atoms with van der Waals surface area (Å²) in [5.74, 6) is 1.43. The molecule has 0 amide bonds. The van der Waals surface area contributed by atoms with Crippen LogP contribution in [0.15, 0.2) is 42.5 Å². The quantitative estimate of drug-likeness (QED) is 0.917. The van der Waals surface area contributed by atoms with E-state index in [9.17, 15) is 5.11 Å². The molecule has 2 aromatic carbocycles. The van der Waals surface area contributed by atoms with E-state index in [1.54, 1.807) is 0 Å². The summed E-state index contributed by atoms with van der Waals surface area (Å²) in [6, 6.07) is 13.6. The molecule has 3 heteroatoms. The Labute approximate surface area is 112 Å². The maximum Gasteiger partial charge on any atom is 0.231 e. The number of aliphatic hydroxyl groups excluding tert-OH is 1. The molecule has 3 rings (SSSR count). The van der Waals surface area contributed by atoms with E-state index in [1.807, 2.05) is 36.4 Å². The fourth-order valence-electron chi connectivity index (χ4n) is 2.26. The van der Waals surface area contributed by atoms with Crippen LogP contribution in [0.2, 0.25) is 0 Å². The molecule has 0 aliphatic carbocycles. The summed E-state index contributed by atoms with van der Waals surface area (Å²) in [5.41, 5.74) is 2.94. The van der Waals surface area contributed by atoms with Gasteiger partial charge in [-0.3, -0.25) is 0 Å². The van der Waals surface area contributed by atoms with Crippen molar-refractivity contribution in [2.45, 2.75) is 19.4 Å². The van der Waals surface area contributed by atoms with E-state index >= 15 is 0 Å². The molecule has 1 atom stereocenters. The van der Waals surface area contributed by atoms with Crippen LogP contribution in [-0.2, 0) is 6.42 Å². The van der Waals surface area contributed by atoms with Crippen LogP contribution in [0, 0.1) is 0 Å². The van der Waals surface area contributed by atoms with Crippen LogP contribution in [0.5, 0.6) is 11.5 Å². The van der Waals surface area contributed by atoms with Crippen molar-refractivity contribution < 1.29 is 14.6 Å². The molecule has 0 saturated carbocycles. The lowest BCUT2D eigenvalue weighted by Gasteiger charge is -2.13. The van der Waals surface area contributed by atoms with E-state index in [-0.39, 0.29) is 6.79 Å². The number of hydrogen-bond donors (Lipinski definition) is 1. The molecular formula is C16H16O3. The zero-order valence-electron chi connectivity index (χ0n) is 10.8. The zero-order valence-corrected chi connectivity index (χ0v) is 10.8. The lowest BCUT2D eigenvalue weighted by atomic mass is 9.99. The van der Waals surface area contributed by atoms with Crippen LogP contribution in [0.1, 0.15) is 29.7 Å². The monoisotopic (exact) mass is 256 g/mol. The number of fused-ring (bicyclic) bond motifs is 1. The highest BCUT2D eigenvalue weighted by molar-refractivity contribution is 5.46. The molecule has 0 spiro atoms. The SMILES string of the molecule is CCc1cccc(C(O)c2ccc3c(c2)OCO3)c1. The first-order chi connectivity index (χ1) is 9.28. The molecule has 0 saturated heterocycles. The Morgan fingerprint density at radius 2 is 1.84 bits per heavy atom. The molecule has 1 aliphatic heterocycles. The minimum absolute atomic E-state index is 0.250. The normalized spacial score (nSPS) is 14.4. The van der Waals surface area contributed by atoms with Gasteiger partial charge in [-0.1, -0.05) is 37.3 Å². The van der Waals surface area contributed by atoms with Gasteiger partial charge in [0.15, 0.2) is 11.5 Å². The van der Waals surface area contributed by atoms with Gasteiger partial charge in [-0.15, -0.1) is 0 Å². The van der Waals surface area contributed by atoms with Gasteiger partial charge in [-0.05, 0) is 35.2 Å². The van der Waals surface area contributed by atoms with Crippen LogP contribution in [-0.4, -0.2) is 11.9 Å². The molecule has 0 bridgehead atoms. The molecule has 1 heterocycles. The topological polar surface area (TPSA) is 38.7 Å². The molecule has 98 valence electrons. The third-order valence-corrected chi connectivity index (χ3v) is 3.39. The zero-order chi connectivity index (χ0) is 13.2. The van der Waals surface area contributed by atoms with E-state index in [1.165, 1.54) is 5.56 Å². The van der Waals surface area contributed by atoms with Gasteiger partial charge in [-0.25, -0.2) is 0 Å². The summed E-state index contributed by atoms with van der Waals surface area (Å²) in [5, 5.41) is 10.4. The van der Waals surface area contributed by atoms with Crippen LogP contribution in [0.3, 0.4) is 0 Å². The number of ether oxygens (including phenoxy) is 2. The molecule has 0 radical (unpaired) electrons. The highest BCUT2D eigenvalue weighted by Crippen LogP contribution is 2.35. The van der Waals surface area contributed by atoms with Crippen molar-refractivity contribution in [2.75, 3.05) is 6.79 Å². The Bertz CT molecular complexity index is 592. The lowest BCUT2D eigenvalue weighted by Crippen LogP contribution is -2.00. The standard InChI is InChI=1S/C16H16O3/c1-2-11-4-3-5-12(8-11)16(17)13-6-7-14-15(9-13)19-10-18-14/h3-9,16-17H,2,10H2,1H3. The molecule has 1 unspecified atom stereocenters. The molecule has 19 heavy (non-hydrogen) atoms. The van der Waals surface area contributed by atoms with E-state index in [0.717, 1.165) is 23.3 Å². The average molecular weight is 256 g/mol. The number of aliphatic hydroxyl groups is 1. The van der Waals surface area contributed by atoms with E-state index in [2.05, 4.69) is 13.0 Å². The predicted octanol–water partition coefficient (Wildman–Crippen LogP) is 3.06. The minimum atomic E-state index is -0.638. The Hall–Kier alpha value is -2.00. The van der Waals surface area contributed by atoms with Gasteiger partial charge in [0.05, 0.1) is 0 Å². The van der Waals surface area contributed by atoms with Gasteiger partial charge < -0.3 is 14.6 Å². The van der Waals surface area contributed by atoms with Gasteiger partial charge in [-0.2, -0.15) is 0 Å². The van der Waals surface area contributed by atoms with Crippen molar-refractivity contribution in [3.05, 3.63) is 59.2 Å². The Kier molecular flexibility index (Phi) is 3.13. The molecule has 0 aromatic heterocycles. The summed E-state index contributed by atoms with van der Waals surface area (Å²) in [4.78, 5) is 0. The van der Waals surface area contributed by atoms with E-state index in [0.29, 0.717) is 5.75 Å². The van der Waals surface area contributed by atoms with Crippen molar-refractivity contribution in [1.82, 2.24) is 0 Å². The smallest absolute Gasteiger partial charge is 0.231 e. The Morgan fingerprint density at radius 1 is 1.05 bits per heavy atom. The van der Waals surface area contributed by atoms with Crippen molar-refractivity contribution in [3.63, 3.8) is 0 Å². The highest BCUT2D eigenvalue weighted by Gasteiger charge is 2.17. The summed E-state index contributed by atoms with van der Waals surface area (Å²) in [7, 11) is 0.